The molecule has 3 atom stereocenters. The summed E-state index contributed by atoms with van der Waals surface area (Å²) in [4.78, 5) is 22.6. The van der Waals surface area contributed by atoms with Crippen LogP contribution in [0, 0.1) is 11.8 Å². The number of halogens is 1. The quantitative estimate of drug-likeness (QED) is 0.665. The summed E-state index contributed by atoms with van der Waals surface area (Å²) in [6, 6.07) is 8.11. The Balaban J connectivity index is 1.32. The molecule has 2 saturated carbocycles. The maximum absolute atomic E-state index is 13.2. The molecule has 2 heterocycles. The van der Waals surface area contributed by atoms with Gasteiger partial charge in [0, 0.05) is 31.1 Å². The number of hydrogen-bond acceptors (Lipinski definition) is 5. The molecule has 0 bridgehead atoms. The van der Waals surface area contributed by atoms with E-state index >= 15 is 0 Å². The lowest BCUT2D eigenvalue weighted by molar-refractivity contribution is -0.0178. The second kappa shape index (κ2) is 9.05. The number of amides is 1. The smallest absolute Gasteiger partial charge is 0.253 e. The Hall–Kier alpha value is -1.89. The van der Waals surface area contributed by atoms with Crippen LogP contribution < -0.4 is 10.2 Å². The molecule has 6 nitrogen and oxygen atoms in total. The van der Waals surface area contributed by atoms with E-state index in [2.05, 4.69) is 29.2 Å². The minimum absolute atomic E-state index is 0.240. The lowest BCUT2D eigenvalue weighted by Gasteiger charge is -2.37. The Bertz CT molecular complexity index is 1040. The van der Waals surface area contributed by atoms with Gasteiger partial charge < -0.3 is 20.2 Å². The molecule has 33 heavy (non-hydrogen) atoms. The van der Waals surface area contributed by atoms with Crippen molar-refractivity contribution >= 4 is 34.2 Å². The van der Waals surface area contributed by atoms with Crippen molar-refractivity contribution in [2.45, 2.75) is 56.6 Å². The molecule has 5 rings (SSSR count). The molecule has 2 unspecified atom stereocenters. The van der Waals surface area contributed by atoms with Crippen molar-refractivity contribution in [2.24, 2.45) is 11.8 Å². The van der Waals surface area contributed by atoms with Gasteiger partial charge >= 0.3 is 0 Å². The van der Waals surface area contributed by atoms with Crippen molar-refractivity contribution in [3.8, 4) is 0 Å². The molecule has 1 aliphatic heterocycles. The van der Waals surface area contributed by atoms with Crippen LogP contribution >= 0.6 is 11.6 Å². The number of nitrogens with zero attached hydrogens (tertiary/aromatic N) is 3. The summed E-state index contributed by atoms with van der Waals surface area (Å²) in [5, 5.41) is 15.3. The predicted molar refractivity (Wildman–Crippen MR) is 133 cm³/mol. The van der Waals surface area contributed by atoms with Crippen LogP contribution in [0.2, 0.25) is 5.02 Å². The van der Waals surface area contributed by atoms with E-state index in [0.717, 1.165) is 61.4 Å². The number of fused-ring (bicyclic) bond motifs is 1. The van der Waals surface area contributed by atoms with Gasteiger partial charge in [-0.3, -0.25) is 4.79 Å². The number of nitrogens with one attached hydrogen (secondary N) is 1. The van der Waals surface area contributed by atoms with Gasteiger partial charge in [0.05, 0.1) is 21.7 Å². The average Bonchev–Trinajstić information content (AvgIpc) is 3.53. The Morgan fingerprint density at radius 1 is 1.21 bits per heavy atom. The molecule has 1 saturated heterocycles. The molecule has 0 radical (unpaired) electrons. The molecule has 2 N–H and O–H groups in total. The number of carbonyl (C=O) groups excluding carboxylic acids is 1. The molecule has 2 aromatic rings. The van der Waals surface area contributed by atoms with Crippen molar-refractivity contribution < 1.29 is 9.90 Å². The second-order valence-electron chi connectivity index (χ2n) is 10.6. The summed E-state index contributed by atoms with van der Waals surface area (Å²) in [5.74, 6) is 2.07. The van der Waals surface area contributed by atoms with E-state index in [1.54, 1.807) is 6.07 Å². The largest absolute Gasteiger partial charge is 0.388 e. The number of aliphatic hydroxyl groups is 1. The van der Waals surface area contributed by atoms with Crippen LogP contribution in [0.4, 0.5) is 5.82 Å². The zero-order chi connectivity index (χ0) is 23.2. The highest BCUT2D eigenvalue weighted by Gasteiger charge is 2.41. The molecule has 1 amide bonds. The van der Waals surface area contributed by atoms with Crippen molar-refractivity contribution in [1.82, 2.24) is 15.2 Å². The fraction of sp³-hybridized carbons (Fsp3) is 0.615. The molecule has 0 spiro atoms. The summed E-state index contributed by atoms with van der Waals surface area (Å²) in [6.07, 6.45) is 7.47. The van der Waals surface area contributed by atoms with Crippen LogP contribution in [0.15, 0.2) is 24.3 Å². The standard InChI is InChI=1S/C26H35ClN4O2/c1-30(2)19-11-13-31(15-19)23-10-7-20-22(29-23)9-8-21(27)24(20)25(32)28-16-26(33)12-3-4-18(14-26)17-5-6-17/h7-10,17-19,33H,3-6,11-16H2,1-2H3,(H,28,32)/t18?,19-,26?/m0/s1. The van der Waals surface area contributed by atoms with E-state index in [-0.39, 0.29) is 12.5 Å². The molecular weight excluding hydrogens is 436 g/mol. The van der Waals surface area contributed by atoms with Gasteiger partial charge in [-0.2, -0.15) is 0 Å². The van der Waals surface area contributed by atoms with E-state index < -0.39 is 5.60 Å². The van der Waals surface area contributed by atoms with Gasteiger partial charge in [-0.25, -0.2) is 4.98 Å². The van der Waals surface area contributed by atoms with Crippen molar-refractivity contribution in [3.63, 3.8) is 0 Å². The highest BCUT2D eigenvalue weighted by Crippen LogP contribution is 2.46. The fourth-order valence-electron chi connectivity index (χ4n) is 5.79. The van der Waals surface area contributed by atoms with Crippen molar-refractivity contribution in [2.75, 3.05) is 38.6 Å². The molecular formula is C26H35ClN4O2. The first kappa shape index (κ1) is 22.9. The fourth-order valence-corrected chi connectivity index (χ4v) is 6.04. The van der Waals surface area contributed by atoms with E-state index in [1.807, 2.05) is 18.2 Å². The van der Waals surface area contributed by atoms with Gasteiger partial charge in [-0.15, -0.1) is 0 Å². The number of carbonyl (C=O) groups is 1. The highest BCUT2D eigenvalue weighted by molar-refractivity contribution is 6.35. The van der Waals surface area contributed by atoms with Crippen LogP contribution in [0.5, 0.6) is 0 Å². The molecule has 178 valence electrons. The minimum Gasteiger partial charge on any atom is -0.388 e. The number of anilines is 1. The van der Waals surface area contributed by atoms with Gasteiger partial charge in [0.25, 0.3) is 5.91 Å². The summed E-state index contributed by atoms with van der Waals surface area (Å²) in [5.41, 5.74) is 0.391. The zero-order valence-electron chi connectivity index (χ0n) is 19.7. The van der Waals surface area contributed by atoms with Crippen LogP contribution in [-0.2, 0) is 0 Å². The first-order valence-corrected chi connectivity index (χ1v) is 12.7. The zero-order valence-corrected chi connectivity index (χ0v) is 20.4. The first-order valence-electron chi connectivity index (χ1n) is 12.3. The van der Waals surface area contributed by atoms with Gasteiger partial charge in [0.2, 0.25) is 0 Å². The number of hydrogen-bond donors (Lipinski definition) is 2. The lowest BCUT2D eigenvalue weighted by atomic mass is 9.76. The minimum atomic E-state index is -0.817. The average molecular weight is 471 g/mol. The number of rotatable bonds is 6. The van der Waals surface area contributed by atoms with E-state index in [4.69, 9.17) is 16.6 Å². The second-order valence-corrected chi connectivity index (χ2v) is 11.0. The number of likely N-dealkylation sites (N-methyl/N-ethyl adjacent to an activating group) is 1. The highest BCUT2D eigenvalue weighted by atomic mass is 35.5. The normalized spacial score (nSPS) is 28.0. The molecule has 1 aromatic carbocycles. The molecule has 3 fully saturated rings. The Kier molecular flexibility index (Phi) is 6.27. The summed E-state index contributed by atoms with van der Waals surface area (Å²) in [6.45, 7) is 2.20. The number of aromatic nitrogens is 1. The summed E-state index contributed by atoms with van der Waals surface area (Å²) < 4.78 is 0. The monoisotopic (exact) mass is 470 g/mol. The van der Waals surface area contributed by atoms with Crippen LogP contribution in [0.25, 0.3) is 10.9 Å². The third-order valence-electron chi connectivity index (χ3n) is 7.98. The van der Waals surface area contributed by atoms with Gasteiger partial charge in [-0.05, 0) is 88.7 Å². The Morgan fingerprint density at radius 3 is 2.76 bits per heavy atom. The van der Waals surface area contributed by atoms with Crippen molar-refractivity contribution in [1.29, 1.82) is 0 Å². The lowest BCUT2D eigenvalue weighted by Crippen LogP contribution is -2.46. The van der Waals surface area contributed by atoms with Gasteiger partial charge in [0.1, 0.15) is 5.82 Å². The Morgan fingerprint density at radius 2 is 2.03 bits per heavy atom. The van der Waals surface area contributed by atoms with Crippen LogP contribution in [0.1, 0.15) is 55.3 Å². The third kappa shape index (κ3) is 4.84. The molecule has 7 heteroatoms. The van der Waals surface area contributed by atoms with Gasteiger partial charge in [0.15, 0.2) is 0 Å². The maximum atomic E-state index is 13.2. The molecule has 2 aliphatic carbocycles. The molecule has 1 aromatic heterocycles. The van der Waals surface area contributed by atoms with Gasteiger partial charge in [-0.1, -0.05) is 18.0 Å². The Labute approximate surface area is 201 Å². The SMILES string of the molecule is CN(C)[C@H]1CCN(c2ccc3c(C(=O)NCC4(O)CCCC(C5CC5)C4)c(Cl)ccc3n2)C1. The predicted octanol–water partition coefficient (Wildman–Crippen LogP) is 4.09. The van der Waals surface area contributed by atoms with Crippen LogP contribution in [0.3, 0.4) is 0 Å². The topological polar surface area (TPSA) is 68.7 Å². The van der Waals surface area contributed by atoms with E-state index in [0.29, 0.717) is 22.5 Å². The maximum Gasteiger partial charge on any atom is 0.253 e. The summed E-state index contributed by atoms with van der Waals surface area (Å²) >= 11 is 6.48. The number of benzene rings is 1. The van der Waals surface area contributed by atoms with Crippen molar-refractivity contribution in [3.05, 3.63) is 34.9 Å². The molecule has 3 aliphatic rings. The first-order chi connectivity index (χ1) is 15.8. The van der Waals surface area contributed by atoms with E-state index in [9.17, 15) is 9.90 Å². The third-order valence-corrected chi connectivity index (χ3v) is 8.29. The number of pyridine rings is 1. The van der Waals surface area contributed by atoms with Crippen LogP contribution in [-0.4, -0.2) is 66.3 Å². The summed E-state index contributed by atoms with van der Waals surface area (Å²) in [7, 11) is 4.23. The van der Waals surface area contributed by atoms with E-state index in [1.165, 1.54) is 19.3 Å².